The third-order valence-electron chi connectivity index (χ3n) is 5.09. The number of likely N-dealkylation sites (tertiary alicyclic amines) is 1. The van der Waals surface area contributed by atoms with E-state index >= 15 is 0 Å². The molecule has 1 aliphatic carbocycles. The Morgan fingerprint density at radius 2 is 2.06 bits per heavy atom. The first-order valence-corrected chi connectivity index (χ1v) is 7.72. The second-order valence-electron chi connectivity index (χ2n) is 6.26. The molecule has 1 saturated heterocycles. The summed E-state index contributed by atoms with van der Waals surface area (Å²) in [5, 5.41) is 0. The van der Waals surface area contributed by atoms with Crippen LogP contribution in [-0.2, 0) is 0 Å². The van der Waals surface area contributed by atoms with Crippen molar-refractivity contribution in [2.45, 2.75) is 70.9 Å². The van der Waals surface area contributed by atoms with Crippen molar-refractivity contribution in [1.29, 1.82) is 0 Å². The maximum Gasteiger partial charge on any atom is 0.0141 e. The van der Waals surface area contributed by atoms with Gasteiger partial charge in [0.2, 0.25) is 0 Å². The lowest BCUT2D eigenvalue weighted by Gasteiger charge is -2.42. The van der Waals surface area contributed by atoms with Gasteiger partial charge in [-0.25, -0.2) is 0 Å². The van der Waals surface area contributed by atoms with Gasteiger partial charge in [-0.3, -0.25) is 4.90 Å². The zero-order chi connectivity index (χ0) is 12.3. The van der Waals surface area contributed by atoms with Crippen LogP contribution in [0.15, 0.2) is 0 Å². The van der Waals surface area contributed by atoms with Crippen molar-refractivity contribution in [2.24, 2.45) is 17.6 Å². The van der Waals surface area contributed by atoms with Crippen LogP contribution in [0.1, 0.15) is 58.8 Å². The van der Waals surface area contributed by atoms with Crippen LogP contribution in [0.25, 0.3) is 0 Å². The standard InChI is InChI=1S/C15H30N2/c1-3-5-13-7-8-14(11-16)15(10-13)17-9-4-6-12(17)2/h12-15H,3-11,16H2,1-2H3. The molecule has 0 aromatic heterocycles. The van der Waals surface area contributed by atoms with Gasteiger partial charge >= 0.3 is 0 Å². The van der Waals surface area contributed by atoms with Gasteiger partial charge in [0, 0.05) is 12.1 Å². The van der Waals surface area contributed by atoms with Crippen molar-refractivity contribution in [2.75, 3.05) is 13.1 Å². The molecule has 0 spiro atoms. The van der Waals surface area contributed by atoms with Crippen LogP contribution in [0, 0.1) is 11.8 Å². The Kier molecular flexibility index (Phi) is 4.87. The molecule has 1 aliphatic heterocycles. The first-order chi connectivity index (χ1) is 8.26. The summed E-state index contributed by atoms with van der Waals surface area (Å²) in [6.45, 7) is 6.94. The lowest BCUT2D eigenvalue weighted by atomic mass is 9.76. The highest BCUT2D eigenvalue weighted by Crippen LogP contribution is 2.37. The number of nitrogens with two attached hydrogens (primary N) is 1. The monoisotopic (exact) mass is 238 g/mol. The van der Waals surface area contributed by atoms with Gasteiger partial charge in [-0.05, 0) is 57.5 Å². The van der Waals surface area contributed by atoms with Gasteiger partial charge in [-0.1, -0.05) is 26.2 Å². The number of hydrogen-bond acceptors (Lipinski definition) is 2. The van der Waals surface area contributed by atoms with Crippen LogP contribution >= 0.6 is 0 Å². The number of nitrogens with zero attached hydrogens (tertiary/aromatic N) is 1. The maximum atomic E-state index is 6.00. The average Bonchev–Trinajstić information content (AvgIpc) is 2.76. The molecule has 100 valence electrons. The third kappa shape index (κ3) is 3.03. The summed E-state index contributed by atoms with van der Waals surface area (Å²) in [5.74, 6) is 1.74. The van der Waals surface area contributed by atoms with Gasteiger partial charge in [0.05, 0.1) is 0 Å². The fraction of sp³-hybridized carbons (Fsp3) is 1.00. The highest BCUT2D eigenvalue weighted by Gasteiger charge is 2.36. The van der Waals surface area contributed by atoms with Gasteiger partial charge in [-0.15, -0.1) is 0 Å². The molecule has 1 saturated carbocycles. The molecule has 2 aliphatic rings. The first kappa shape index (κ1) is 13.4. The molecule has 4 atom stereocenters. The Labute approximate surface area is 107 Å². The lowest BCUT2D eigenvalue weighted by molar-refractivity contribution is 0.0743. The molecule has 0 aromatic rings. The Morgan fingerprint density at radius 1 is 1.24 bits per heavy atom. The molecular weight excluding hydrogens is 208 g/mol. The van der Waals surface area contributed by atoms with Gasteiger partial charge < -0.3 is 5.73 Å². The Morgan fingerprint density at radius 3 is 2.65 bits per heavy atom. The summed E-state index contributed by atoms with van der Waals surface area (Å²) in [7, 11) is 0. The maximum absolute atomic E-state index is 6.00. The van der Waals surface area contributed by atoms with E-state index in [4.69, 9.17) is 5.73 Å². The second-order valence-corrected chi connectivity index (χ2v) is 6.26. The van der Waals surface area contributed by atoms with Crippen molar-refractivity contribution >= 4 is 0 Å². The average molecular weight is 238 g/mol. The fourth-order valence-electron chi connectivity index (χ4n) is 4.09. The lowest BCUT2D eigenvalue weighted by Crippen LogP contribution is -2.48. The van der Waals surface area contributed by atoms with Crippen molar-refractivity contribution in [3.63, 3.8) is 0 Å². The topological polar surface area (TPSA) is 29.3 Å². The zero-order valence-corrected chi connectivity index (χ0v) is 11.7. The minimum absolute atomic E-state index is 0.767. The Bertz CT molecular complexity index is 229. The summed E-state index contributed by atoms with van der Waals surface area (Å²) in [5.41, 5.74) is 6.00. The summed E-state index contributed by atoms with van der Waals surface area (Å²) in [6, 6.07) is 1.59. The van der Waals surface area contributed by atoms with Crippen LogP contribution in [0.3, 0.4) is 0 Å². The van der Waals surface area contributed by atoms with Gasteiger partial charge in [0.15, 0.2) is 0 Å². The Hall–Kier alpha value is -0.0800. The van der Waals surface area contributed by atoms with Crippen molar-refractivity contribution in [1.82, 2.24) is 4.90 Å². The number of rotatable bonds is 4. The van der Waals surface area contributed by atoms with Crippen LogP contribution < -0.4 is 5.73 Å². The predicted octanol–water partition coefficient (Wildman–Crippen LogP) is 3.01. The molecule has 0 aromatic carbocycles. The van der Waals surface area contributed by atoms with Crippen LogP contribution in [0.4, 0.5) is 0 Å². The van der Waals surface area contributed by atoms with Crippen molar-refractivity contribution in [3.8, 4) is 0 Å². The van der Waals surface area contributed by atoms with E-state index in [0.29, 0.717) is 0 Å². The summed E-state index contributed by atoms with van der Waals surface area (Å²) >= 11 is 0. The fourth-order valence-corrected chi connectivity index (χ4v) is 4.09. The van der Waals surface area contributed by atoms with Crippen molar-refractivity contribution in [3.05, 3.63) is 0 Å². The van der Waals surface area contributed by atoms with E-state index in [9.17, 15) is 0 Å². The Balaban J connectivity index is 1.99. The molecule has 0 radical (unpaired) electrons. The van der Waals surface area contributed by atoms with E-state index < -0.39 is 0 Å². The van der Waals surface area contributed by atoms with E-state index in [1.807, 2.05) is 0 Å². The highest BCUT2D eigenvalue weighted by atomic mass is 15.2. The quantitative estimate of drug-likeness (QED) is 0.816. The molecule has 2 rings (SSSR count). The van der Waals surface area contributed by atoms with E-state index in [2.05, 4.69) is 18.7 Å². The van der Waals surface area contributed by atoms with Crippen LogP contribution in [0.2, 0.25) is 0 Å². The molecule has 1 heterocycles. The minimum atomic E-state index is 0.767. The summed E-state index contributed by atoms with van der Waals surface area (Å²) in [6.07, 6.45) is 9.78. The van der Waals surface area contributed by atoms with Gasteiger partial charge in [-0.2, -0.15) is 0 Å². The van der Waals surface area contributed by atoms with E-state index in [0.717, 1.165) is 30.5 Å². The number of hydrogen-bond donors (Lipinski definition) is 1. The minimum Gasteiger partial charge on any atom is -0.330 e. The van der Waals surface area contributed by atoms with Crippen LogP contribution in [-0.4, -0.2) is 30.1 Å². The van der Waals surface area contributed by atoms with Crippen molar-refractivity contribution < 1.29 is 0 Å². The molecule has 17 heavy (non-hydrogen) atoms. The van der Waals surface area contributed by atoms with Gasteiger partial charge in [0.1, 0.15) is 0 Å². The normalized spacial score (nSPS) is 39.7. The van der Waals surface area contributed by atoms with E-state index in [1.54, 1.807) is 0 Å². The predicted molar refractivity (Wildman–Crippen MR) is 74.0 cm³/mol. The molecular formula is C15H30N2. The molecule has 2 heteroatoms. The third-order valence-corrected chi connectivity index (χ3v) is 5.09. The van der Waals surface area contributed by atoms with Gasteiger partial charge in [0.25, 0.3) is 0 Å². The van der Waals surface area contributed by atoms with E-state index in [1.165, 1.54) is 51.5 Å². The first-order valence-electron chi connectivity index (χ1n) is 7.72. The SMILES string of the molecule is CCCC1CCC(CN)C(N2CCCC2C)C1. The molecule has 2 nitrogen and oxygen atoms in total. The molecule has 0 amide bonds. The zero-order valence-electron chi connectivity index (χ0n) is 11.7. The second kappa shape index (κ2) is 6.19. The highest BCUT2D eigenvalue weighted by molar-refractivity contribution is 4.91. The summed E-state index contributed by atoms with van der Waals surface area (Å²) in [4.78, 5) is 2.78. The van der Waals surface area contributed by atoms with E-state index in [-0.39, 0.29) is 0 Å². The molecule has 4 unspecified atom stereocenters. The smallest absolute Gasteiger partial charge is 0.0141 e. The molecule has 2 N–H and O–H groups in total. The molecule has 2 fully saturated rings. The largest absolute Gasteiger partial charge is 0.330 e. The summed E-state index contributed by atoms with van der Waals surface area (Å²) < 4.78 is 0. The van der Waals surface area contributed by atoms with Crippen LogP contribution in [0.5, 0.6) is 0 Å². The molecule has 0 bridgehead atoms.